The van der Waals surface area contributed by atoms with Gasteiger partial charge in [0.25, 0.3) is 0 Å². The Balaban J connectivity index is 2.12. The Morgan fingerprint density at radius 2 is 1.95 bits per heavy atom. The topological polar surface area (TPSA) is 35.0 Å². The van der Waals surface area contributed by atoms with Crippen LogP contribution in [-0.2, 0) is 5.88 Å². The molecule has 0 bridgehead atoms. The average molecular weight is 291 g/mol. The van der Waals surface area contributed by atoms with E-state index in [1.165, 1.54) is 5.56 Å². The van der Waals surface area contributed by atoms with Crippen molar-refractivity contribution in [1.82, 2.24) is 9.97 Å². The third-order valence-electron chi connectivity index (χ3n) is 3.47. The van der Waals surface area contributed by atoms with Crippen LogP contribution in [0.5, 0.6) is 11.8 Å². The van der Waals surface area contributed by atoms with Crippen LogP contribution >= 0.6 is 11.6 Å². The van der Waals surface area contributed by atoms with Gasteiger partial charge in [0.05, 0.1) is 5.88 Å². The van der Waals surface area contributed by atoms with Crippen molar-refractivity contribution in [3.05, 3.63) is 47.3 Å². The summed E-state index contributed by atoms with van der Waals surface area (Å²) in [7, 11) is 0. The van der Waals surface area contributed by atoms with Crippen molar-refractivity contribution >= 4 is 11.6 Å². The summed E-state index contributed by atoms with van der Waals surface area (Å²) in [6, 6.07) is 8.44. The highest BCUT2D eigenvalue weighted by Gasteiger charge is 2.06. The van der Waals surface area contributed by atoms with Crippen molar-refractivity contribution in [3.8, 4) is 11.8 Å². The maximum Gasteiger partial charge on any atom is 0.322 e. The molecule has 20 heavy (non-hydrogen) atoms. The molecule has 1 aromatic heterocycles. The van der Waals surface area contributed by atoms with Gasteiger partial charge in [0.15, 0.2) is 0 Å². The molecule has 0 aliphatic heterocycles. The number of ether oxygens (including phenoxy) is 1. The minimum atomic E-state index is 0.354. The van der Waals surface area contributed by atoms with Crippen LogP contribution < -0.4 is 4.74 Å². The van der Waals surface area contributed by atoms with E-state index in [4.69, 9.17) is 16.3 Å². The van der Waals surface area contributed by atoms with Gasteiger partial charge in [0, 0.05) is 17.5 Å². The van der Waals surface area contributed by atoms with Gasteiger partial charge in [-0.15, -0.1) is 11.6 Å². The van der Waals surface area contributed by atoms with Gasteiger partial charge in [-0.3, -0.25) is 0 Å². The molecule has 0 saturated carbocycles. The van der Waals surface area contributed by atoms with Gasteiger partial charge in [-0.25, -0.2) is 4.98 Å². The molecule has 1 unspecified atom stereocenters. The van der Waals surface area contributed by atoms with Gasteiger partial charge < -0.3 is 4.74 Å². The van der Waals surface area contributed by atoms with Gasteiger partial charge in [0.2, 0.25) is 0 Å². The lowest BCUT2D eigenvalue weighted by Crippen LogP contribution is -1.97. The summed E-state index contributed by atoms with van der Waals surface area (Å²) in [5, 5.41) is 0. The van der Waals surface area contributed by atoms with Gasteiger partial charge in [-0.05, 0) is 37.0 Å². The van der Waals surface area contributed by atoms with E-state index in [0.717, 1.165) is 23.4 Å². The van der Waals surface area contributed by atoms with Crippen molar-refractivity contribution in [3.63, 3.8) is 0 Å². The summed E-state index contributed by atoms with van der Waals surface area (Å²) < 4.78 is 5.66. The first-order valence-electron chi connectivity index (χ1n) is 6.80. The van der Waals surface area contributed by atoms with Crippen LogP contribution in [0.2, 0.25) is 0 Å². The predicted octanol–water partition coefficient (Wildman–Crippen LogP) is 4.83. The second-order valence-corrected chi connectivity index (χ2v) is 5.14. The lowest BCUT2D eigenvalue weighted by atomic mass is 9.99. The zero-order valence-corrected chi connectivity index (χ0v) is 12.8. The monoisotopic (exact) mass is 290 g/mol. The first-order valence-corrected chi connectivity index (χ1v) is 7.33. The molecular formula is C16H19ClN2O. The summed E-state index contributed by atoms with van der Waals surface area (Å²) >= 11 is 5.78. The molecule has 2 rings (SSSR count). The number of aryl methyl sites for hydroxylation is 1. The molecule has 2 aromatic rings. The Kier molecular flexibility index (Phi) is 4.96. The van der Waals surface area contributed by atoms with Crippen LogP contribution in [0.1, 0.15) is 43.0 Å². The molecule has 0 aliphatic rings. The summed E-state index contributed by atoms with van der Waals surface area (Å²) in [4.78, 5) is 8.46. The summed E-state index contributed by atoms with van der Waals surface area (Å²) in [5.41, 5.74) is 3.08. The van der Waals surface area contributed by atoms with Gasteiger partial charge >= 0.3 is 6.01 Å². The van der Waals surface area contributed by atoms with Crippen LogP contribution in [0.15, 0.2) is 30.5 Å². The smallest absolute Gasteiger partial charge is 0.322 e. The van der Waals surface area contributed by atoms with Crippen LogP contribution in [0.3, 0.4) is 0 Å². The van der Waals surface area contributed by atoms with E-state index in [1.54, 1.807) is 6.20 Å². The Morgan fingerprint density at radius 1 is 1.25 bits per heavy atom. The van der Waals surface area contributed by atoms with E-state index < -0.39 is 0 Å². The van der Waals surface area contributed by atoms with Gasteiger partial charge in [-0.1, -0.05) is 26.0 Å². The standard InChI is InChI=1S/C16H19ClN2O/c1-4-11(2)13-5-7-15(8-6-13)20-16-18-10-14(9-17)12(3)19-16/h5-8,10-11H,4,9H2,1-3H3. The van der Waals surface area contributed by atoms with Crippen molar-refractivity contribution in [1.29, 1.82) is 0 Å². The van der Waals surface area contributed by atoms with Crippen LogP contribution in [0, 0.1) is 6.92 Å². The minimum absolute atomic E-state index is 0.354. The lowest BCUT2D eigenvalue weighted by molar-refractivity contribution is 0.439. The van der Waals surface area contributed by atoms with Crippen molar-refractivity contribution in [2.24, 2.45) is 0 Å². The molecule has 0 radical (unpaired) electrons. The molecule has 1 atom stereocenters. The number of aromatic nitrogens is 2. The maximum atomic E-state index is 5.78. The van der Waals surface area contributed by atoms with E-state index >= 15 is 0 Å². The molecule has 4 heteroatoms. The maximum absolute atomic E-state index is 5.78. The summed E-state index contributed by atoms with van der Waals surface area (Å²) in [6.45, 7) is 6.30. The molecule has 0 spiro atoms. The largest absolute Gasteiger partial charge is 0.424 e. The number of hydrogen-bond donors (Lipinski definition) is 0. The van der Waals surface area contributed by atoms with E-state index in [9.17, 15) is 0 Å². The molecule has 106 valence electrons. The minimum Gasteiger partial charge on any atom is -0.424 e. The molecule has 0 saturated heterocycles. The Morgan fingerprint density at radius 3 is 2.50 bits per heavy atom. The Labute approximate surface area is 125 Å². The van der Waals surface area contributed by atoms with Crippen LogP contribution in [0.25, 0.3) is 0 Å². The highest BCUT2D eigenvalue weighted by Crippen LogP contribution is 2.24. The van der Waals surface area contributed by atoms with Crippen LogP contribution in [-0.4, -0.2) is 9.97 Å². The van der Waals surface area contributed by atoms with E-state index in [2.05, 4.69) is 35.9 Å². The van der Waals surface area contributed by atoms with E-state index in [0.29, 0.717) is 17.8 Å². The molecule has 0 aliphatic carbocycles. The van der Waals surface area contributed by atoms with Gasteiger partial charge in [-0.2, -0.15) is 4.98 Å². The Bertz CT molecular complexity index is 569. The Hall–Kier alpha value is -1.61. The summed E-state index contributed by atoms with van der Waals surface area (Å²) in [6.07, 6.45) is 2.83. The second-order valence-electron chi connectivity index (χ2n) is 4.88. The zero-order chi connectivity index (χ0) is 14.5. The fourth-order valence-corrected chi connectivity index (χ4v) is 2.12. The SMILES string of the molecule is CCC(C)c1ccc(Oc2ncc(CCl)c(C)n2)cc1. The quantitative estimate of drug-likeness (QED) is 0.740. The van der Waals surface area contributed by atoms with Crippen molar-refractivity contribution < 1.29 is 4.74 Å². The normalized spacial score (nSPS) is 12.2. The number of halogens is 1. The number of nitrogens with zero attached hydrogens (tertiary/aromatic N) is 2. The molecular weight excluding hydrogens is 272 g/mol. The fourth-order valence-electron chi connectivity index (χ4n) is 1.86. The fraction of sp³-hybridized carbons (Fsp3) is 0.375. The number of alkyl halides is 1. The van der Waals surface area contributed by atoms with Crippen LogP contribution in [0.4, 0.5) is 0 Å². The first-order chi connectivity index (χ1) is 9.63. The molecule has 1 heterocycles. The molecule has 1 aromatic carbocycles. The third-order valence-corrected chi connectivity index (χ3v) is 3.76. The second kappa shape index (κ2) is 6.71. The van der Waals surface area contributed by atoms with Gasteiger partial charge in [0.1, 0.15) is 5.75 Å². The highest BCUT2D eigenvalue weighted by atomic mass is 35.5. The zero-order valence-electron chi connectivity index (χ0n) is 12.1. The molecule has 0 amide bonds. The number of rotatable bonds is 5. The lowest BCUT2D eigenvalue weighted by Gasteiger charge is -2.10. The number of hydrogen-bond acceptors (Lipinski definition) is 3. The predicted molar refractivity (Wildman–Crippen MR) is 81.5 cm³/mol. The van der Waals surface area contributed by atoms with Crippen molar-refractivity contribution in [2.75, 3.05) is 0 Å². The average Bonchev–Trinajstić information content (AvgIpc) is 2.47. The third kappa shape index (κ3) is 3.48. The number of benzene rings is 1. The molecule has 0 fully saturated rings. The van der Waals surface area contributed by atoms with Crippen molar-refractivity contribution in [2.45, 2.75) is 39.0 Å². The van der Waals surface area contributed by atoms with E-state index in [1.807, 2.05) is 19.1 Å². The highest BCUT2D eigenvalue weighted by molar-refractivity contribution is 6.17. The van der Waals surface area contributed by atoms with E-state index in [-0.39, 0.29) is 0 Å². The molecule has 3 nitrogen and oxygen atoms in total. The molecule has 0 N–H and O–H groups in total. The first kappa shape index (κ1) is 14.8. The summed E-state index contributed by atoms with van der Waals surface area (Å²) in [5.74, 6) is 1.72.